The van der Waals surface area contributed by atoms with Crippen LogP contribution >= 0.6 is 0 Å². The number of nitrogens with one attached hydrogen (secondary N) is 1. The number of piperidine rings is 3. The lowest BCUT2D eigenvalue weighted by Gasteiger charge is -2.57. The number of hydrazine groups is 1. The molecule has 3 fully saturated rings. The van der Waals surface area contributed by atoms with Crippen LogP contribution in [0.2, 0.25) is 0 Å². The van der Waals surface area contributed by atoms with Crippen LogP contribution in [0.25, 0.3) is 0 Å². The Bertz CT molecular complexity index is 282. The fourth-order valence-electron chi connectivity index (χ4n) is 4.83. The first-order chi connectivity index (χ1) is 9.20. The van der Waals surface area contributed by atoms with Gasteiger partial charge in [0, 0.05) is 30.2 Å². The lowest BCUT2D eigenvalue weighted by atomic mass is 9.82. The summed E-state index contributed by atoms with van der Waals surface area (Å²) in [6.07, 6.45) is 11.1. The van der Waals surface area contributed by atoms with Crippen molar-refractivity contribution in [2.75, 3.05) is 7.05 Å². The van der Waals surface area contributed by atoms with Gasteiger partial charge in [-0.3, -0.25) is 0 Å². The summed E-state index contributed by atoms with van der Waals surface area (Å²) in [5, 5.41) is 9.15. The highest BCUT2D eigenvalue weighted by atomic mass is 15.7. The molecule has 4 unspecified atom stereocenters. The van der Waals surface area contributed by atoms with Crippen LogP contribution in [0.4, 0.5) is 0 Å². The van der Waals surface area contributed by atoms with E-state index in [1.165, 1.54) is 51.4 Å². The standard InChI is InChI=1S/C16H31N3/c1-12-6-4-7-13(2)18(12)19-15-8-5-9-16(19)11-14(10-15)17-3/h12-17H,4-11H2,1-3H3. The third-order valence-corrected chi connectivity index (χ3v) is 5.76. The van der Waals surface area contributed by atoms with E-state index in [4.69, 9.17) is 0 Å². The van der Waals surface area contributed by atoms with Gasteiger partial charge in [0.1, 0.15) is 0 Å². The Kier molecular flexibility index (Phi) is 4.16. The minimum atomic E-state index is 0.748. The van der Waals surface area contributed by atoms with Crippen LogP contribution in [0, 0.1) is 0 Å². The third-order valence-electron chi connectivity index (χ3n) is 5.76. The Hall–Kier alpha value is -0.120. The largest absolute Gasteiger partial charge is 0.317 e. The van der Waals surface area contributed by atoms with Gasteiger partial charge in [0.2, 0.25) is 0 Å². The van der Waals surface area contributed by atoms with Crippen molar-refractivity contribution in [3.8, 4) is 0 Å². The van der Waals surface area contributed by atoms with E-state index in [1.54, 1.807) is 0 Å². The van der Waals surface area contributed by atoms with Gasteiger partial charge >= 0.3 is 0 Å². The van der Waals surface area contributed by atoms with Crippen LogP contribution in [0.15, 0.2) is 0 Å². The summed E-state index contributed by atoms with van der Waals surface area (Å²) >= 11 is 0. The maximum atomic E-state index is 3.53. The monoisotopic (exact) mass is 265 g/mol. The quantitative estimate of drug-likeness (QED) is 0.828. The zero-order chi connectivity index (χ0) is 13.4. The molecule has 0 aromatic rings. The second-order valence-corrected chi connectivity index (χ2v) is 7.08. The minimum Gasteiger partial charge on any atom is -0.317 e. The average Bonchev–Trinajstić information content (AvgIpc) is 2.38. The Balaban J connectivity index is 1.79. The first kappa shape index (κ1) is 13.8. The first-order valence-corrected chi connectivity index (χ1v) is 8.44. The van der Waals surface area contributed by atoms with Gasteiger partial charge in [-0.25, -0.2) is 10.0 Å². The van der Waals surface area contributed by atoms with E-state index < -0.39 is 0 Å². The van der Waals surface area contributed by atoms with E-state index in [-0.39, 0.29) is 0 Å². The van der Waals surface area contributed by atoms with Gasteiger partial charge in [0.05, 0.1) is 0 Å². The zero-order valence-corrected chi connectivity index (χ0v) is 12.9. The lowest BCUT2D eigenvalue weighted by molar-refractivity contribution is -0.187. The van der Waals surface area contributed by atoms with E-state index in [0.717, 1.165) is 30.2 Å². The number of hydrogen-bond acceptors (Lipinski definition) is 3. The van der Waals surface area contributed by atoms with Crippen LogP contribution in [-0.4, -0.2) is 47.3 Å². The molecule has 19 heavy (non-hydrogen) atoms. The summed E-state index contributed by atoms with van der Waals surface area (Å²) in [7, 11) is 2.14. The molecule has 3 heterocycles. The lowest BCUT2D eigenvalue weighted by Crippen LogP contribution is -2.66. The molecule has 1 N–H and O–H groups in total. The van der Waals surface area contributed by atoms with Crippen molar-refractivity contribution in [2.24, 2.45) is 0 Å². The predicted octanol–water partition coefficient (Wildman–Crippen LogP) is 2.77. The molecule has 0 aliphatic carbocycles. The molecule has 3 aliphatic heterocycles. The number of hydrogen-bond donors (Lipinski definition) is 1. The van der Waals surface area contributed by atoms with Gasteiger partial charge in [-0.2, -0.15) is 0 Å². The molecule has 3 heteroatoms. The summed E-state index contributed by atoms with van der Waals surface area (Å²) in [6.45, 7) is 4.88. The third kappa shape index (κ3) is 2.57. The topological polar surface area (TPSA) is 18.5 Å². The molecule has 110 valence electrons. The molecule has 3 nitrogen and oxygen atoms in total. The Morgan fingerprint density at radius 1 is 0.789 bits per heavy atom. The van der Waals surface area contributed by atoms with Crippen LogP contribution < -0.4 is 5.32 Å². The van der Waals surface area contributed by atoms with E-state index >= 15 is 0 Å². The Labute approximate surface area is 118 Å². The summed E-state index contributed by atoms with van der Waals surface area (Å²) in [6, 6.07) is 3.85. The van der Waals surface area contributed by atoms with Gasteiger partial charge in [-0.15, -0.1) is 0 Å². The molecular formula is C16H31N3. The molecule has 3 saturated heterocycles. The predicted molar refractivity (Wildman–Crippen MR) is 80.0 cm³/mol. The number of fused-ring (bicyclic) bond motifs is 2. The van der Waals surface area contributed by atoms with Crippen molar-refractivity contribution in [2.45, 2.75) is 95.4 Å². The van der Waals surface area contributed by atoms with Crippen molar-refractivity contribution in [3.63, 3.8) is 0 Å². The second-order valence-electron chi connectivity index (χ2n) is 7.08. The van der Waals surface area contributed by atoms with Gasteiger partial charge in [0.15, 0.2) is 0 Å². The van der Waals surface area contributed by atoms with Crippen LogP contribution in [0.3, 0.4) is 0 Å². The zero-order valence-electron chi connectivity index (χ0n) is 12.9. The summed E-state index contributed by atoms with van der Waals surface area (Å²) in [5.41, 5.74) is 0. The van der Waals surface area contributed by atoms with Crippen LogP contribution in [0.1, 0.15) is 65.2 Å². The second kappa shape index (κ2) is 5.71. The van der Waals surface area contributed by atoms with Gasteiger partial charge < -0.3 is 5.32 Å². The van der Waals surface area contributed by atoms with Crippen molar-refractivity contribution in [1.82, 2.24) is 15.3 Å². The fourth-order valence-corrected chi connectivity index (χ4v) is 4.83. The van der Waals surface area contributed by atoms with E-state index in [0.29, 0.717) is 0 Å². The Morgan fingerprint density at radius 3 is 1.84 bits per heavy atom. The van der Waals surface area contributed by atoms with Crippen molar-refractivity contribution >= 4 is 0 Å². The van der Waals surface area contributed by atoms with Gasteiger partial charge in [0.25, 0.3) is 0 Å². The Morgan fingerprint density at radius 2 is 1.32 bits per heavy atom. The molecule has 4 atom stereocenters. The SMILES string of the molecule is CNC1CC2CCCC(C1)N2N1C(C)CCCC1C. The summed E-state index contributed by atoms with van der Waals surface area (Å²) < 4.78 is 0. The number of rotatable bonds is 2. The van der Waals surface area contributed by atoms with E-state index in [9.17, 15) is 0 Å². The van der Waals surface area contributed by atoms with Crippen molar-refractivity contribution in [1.29, 1.82) is 0 Å². The normalized spacial score (nSPS) is 45.3. The van der Waals surface area contributed by atoms with Crippen molar-refractivity contribution < 1.29 is 0 Å². The molecule has 3 aliphatic rings. The van der Waals surface area contributed by atoms with Crippen LogP contribution in [-0.2, 0) is 0 Å². The molecule has 0 amide bonds. The maximum Gasteiger partial charge on any atom is 0.0264 e. The average molecular weight is 265 g/mol. The fraction of sp³-hybridized carbons (Fsp3) is 1.00. The van der Waals surface area contributed by atoms with Gasteiger partial charge in [-0.05, 0) is 59.4 Å². The summed E-state index contributed by atoms with van der Waals surface area (Å²) in [4.78, 5) is 0. The van der Waals surface area contributed by atoms with E-state index in [2.05, 4.69) is 36.2 Å². The van der Waals surface area contributed by atoms with Gasteiger partial charge in [-0.1, -0.05) is 12.8 Å². The molecular weight excluding hydrogens is 234 g/mol. The molecule has 2 bridgehead atoms. The maximum absolute atomic E-state index is 3.53. The molecule has 0 aromatic carbocycles. The molecule has 0 saturated carbocycles. The van der Waals surface area contributed by atoms with Crippen LogP contribution in [0.5, 0.6) is 0 Å². The van der Waals surface area contributed by atoms with Crippen molar-refractivity contribution in [3.05, 3.63) is 0 Å². The van der Waals surface area contributed by atoms with E-state index in [1.807, 2.05) is 0 Å². The molecule has 0 aromatic heterocycles. The minimum absolute atomic E-state index is 0.748. The number of nitrogens with zero attached hydrogens (tertiary/aromatic N) is 2. The highest BCUT2D eigenvalue weighted by Crippen LogP contribution is 2.38. The molecule has 0 radical (unpaired) electrons. The highest BCUT2D eigenvalue weighted by Gasteiger charge is 2.43. The molecule has 3 rings (SSSR count). The highest BCUT2D eigenvalue weighted by molar-refractivity contribution is 4.95. The molecule has 0 spiro atoms. The smallest absolute Gasteiger partial charge is 0.0264 e. The summed E-state index contributed by atoms with van der Waals surface area (Å²) in [5.74, 6) is 0. The first-order valence-electron chi connectivity index (χ1n) is 8.44.